The van der Waals surface area contributed by atoms with E-state index in [0.29, 0.717) is 11.5 Å². The second kappa shape index (κ2) is 3.73. The Kier molecular flexibility index (Phi) is 2.41. The molecule has 0 amide bonds. The van der Waals surface area contributed by atoms with Gasteiger partial charge in [0.25, 0.3) is 0 Å². The van der Waals surface area contributed by atoms with Crippen molar-refractivity contribution in [3.05, 3.63) is 29.3 Å². The van der Waals surface area contributed by atoms with Gasteiger partial charge in [-0.3, -0.25) is 0 Å². The van der Waals surface area contributed by atoms with Gasteiger partial charge in [0.2, 0.25) is 0 Å². The number of rotatable bonds is 2. The van der Waals surface area contributed by atoms with Crippen molar-refractivity contribution in [1.82, 2.24) is 0 Å². The Labute approximate surface area is 87.5 Å². The molecule has 0 bridgehead atoms. The second-order valence-corrected chi connectivity index (χ2v) is 3.38. The molecule has 4 heteroatoms. The number of methoxy groups -OCH3 is 1. The minimum atomic E-state index is -0.325. The summed E-state index contributed by atoms with van der Waals surface area (Å²) in [6, 6.07) is 5.73. The molecule has 2 rings (SSSR count). The lowest BCUT2D eigenvalue weighted by atomic mass is 10.0. The van der Waals surface area contributed by atoms with Gasteiger partial charge < -0.3 is 9.57 Å². The van der Waals surface area contributed by atoms with E-state index in [1.54, 1.807) is 7.11 Å². The van der Waals surface area contributed by atoms with Crippen LogP contribution in [0.25, 0.3) is 0 Å². The second-order valence-electron chi connectivity index (χ2n) is 3.38. The highest BCUT2D eigenvalue weighted by molar-refractivity contribution is 6.13. The first-order valence-electron chi connectivity index (χ1n) is 4.62. The third-order valence-electron chi connectivity index (χ3n) is 2.24. The topological polar surface area (TPSA) is 47.9 Å². The molecule has 0 aromatic heterocycles. The molecule has 78 valence electrons. The summed E-state index contributed by atoms with van der Waals surface area (Å²) < 4.78 is 5.20. The molecule has 0 aliphatic carbocycles. The van der Waals surface area contributed by atoms with E-state index in [1.807, 2.05) is 25.1 Å². The number of hydrogen-bond donors (Lipinski definition) is 0. The third-order valence-corrected chi connectivity index (χ3v) is 2.24. The molecule has 0 unspecified atom stereocenters. The fraction of sp³-hybridized carbons (Fsp3) is 0.273. The Balaban J connectivity index is 2.42. The molecular formula is C11H11NO3. The van der Waals surface area contributed by atoms with Crippen LogP contribution in [0.3, 0.4) is 0 Å². The largest absolute Gasteiger partial charge is 0.496 e. The number of carbonyl (C=O) groups excluding carboxylic acids is 1. The Morgan fingerprint density at radius 3 is 2.87 bits per heavy atom. The van der Waals surface area contributed by atoms with Gasteiger partial charge in [-0.2, -0.15) is 0 Å². The van der Waals surface area contributed by atoms with Gasteiger partial charge in [0.05, 0.1) is 13.5 Å². The maximum absolute atomic E-state index is 10.9. The third kappa shape index (κ3) is 1.83. The molecule has 0 spiro atoms. The van der Waals surface area contributed by atoms with E-state index in [9.17, 15) is 4.79 Å². The maximum Gasteiger partial charge on any atom is 0.341 e. The predicted octanol–water partition coefficient (Wildman–Crippen LogP) is 1.65. The van der Waals surface area contributed by atoms with Gasteiger partial charge in [-0.25, -0.2) is 4.79 Å². The summed E-state index contributed by atoms with van der Waals surface area (Å²) in [5, 5.41) is 3.72. The first-order valence-corrected chi connectivity index (χ1v) is 4.62. The Morgan fingerprint density at radius 2 is 2.27 bits per heavy atom. The van der Waals surface area contributed by atoms with Crippen molar-refractivity contribution in [3.63, 3.8) is 0 Å². The maximum atomic E-state index is 10.9. The lowest BCUT2D eigenvalue weighted by molar-refractivity contribution is -0.140. The summed E-state index contributed by atoms with van der Waals surface area (Å²) >= 11 is 0. The SMILES string of the molecule is COc1ccc(C)cc1C1=NOC(=O)C1. The fourth-order valence-corrected chi connectivity index (χ4v) is 1.50. The number of oxime groups is 1. The Bertz CT molecular complexity index is 437. The standard InChI is InChI=1S/C11H11NO3/c1-7-3-4-10(14-2)8(5-7)9-6-11(13)15-12-9/h3-5H,6H2,1-2H3. The zero-order valence-electron chi connectivity index (χ0n) is 8.61. The highest BCUT2D eigenvalue weighted by Gasteiger charge is 2.21. The van der Waals surface area contributed by atoms with Crippen LogP contribution >= 0.6 is 0 Å². The van der Waals surface area contributed by atoms with Crippen LogP contribution in [0.4, 0.5) is 0 Å². The van der Waals surface area contributed by atoms with Gasteiger partial charge >= 0.3 is 5.97 Å². The summed E-state index contributed by atoms with van der Waals surface area (Å²) in [6.45, 7) is 1.97. The molecule has 4 nitrogen and oxygen atoms in total. The van der Waals surface area contributed by atoms with Crippen molar-refractivity contribution in [2.45, 2.75) is 13.3 Å². The normalized spacial score (nSPS) is 14.8. The quantitative estimate of drug-likeness (QED) is 0.690. The number of aryl methyl sites for hydroxylation is 1. The lowest BCUT2D eigenvalue weighted by Gasteiger charge is -2.07. The van der Waals surface area contributed by atoms with E-state index in [1.165, 1.54) is 0 Å². The lowest BCUT2D eigenvalue weighted by Crippen LogP contribution is -2.03. The van der Waals surface area contributed by atoms with Crippen molar-refractivity contribution >= 4 is 11.7 Å². The fourth-order valence-electron chi connectivity index (χ4n) is 1.50. The van der Waals surface area contributed by atoms with Crippen molar-refractivity contribution in [1.29, 1.82) is 0 Å². The van der Waals surface area contributed by atoms with E-state index in [4.69, 9.17) is 4.74 Å². The minimum absolute atomic E-state index is 0.208. The van der Waals surface area contributed by atoms with Crippen molar-refractivity contribution in [3.8, 4) is 5.75 Å². The molecule has 1 heterocycles. The van der Waals surface area contributed by atoms with Gasteiger partial charge in [-0.1, -0.05) is 16.8 Å². The molecule has 15 heavy (non-hydrogen) atoms. The first-order chi connectivity index (χ1) is 7.20. The Hall–Kier alpha value is -1.84. The molecule has 0 saturated heterocycles. The van der Waals surface area contributed by atoms with Crippen LogP contribution in [0.2, 0.25) is 0 Å². The van der Waals surface area contributed by atoms with E-state index in [2.05, 4.69) is 9.99 Å². The number of nitrogens with zero attached hydrogens (tertiary/aromatic N) is 1. The highest BCUT2D eigenvalue weighted by Crippen LogP contribution is 2.23. The summed E-state index contributed by atoms with van der Waals surface area (Å²) in [5.41, 5.74) is 2.54. The average Bonchev–Trinajstić information content (AvgIpc) is 2.65. The zero-order valence-corrected chi connectivity index (χ0v) is 8.61. The molecule has 0 atom stereocenters. The number of ether oxygens (including phenoxy) is 1. The van der Waals surface area contributed by atoms with Gasteiger partial charge in [0, 0.05) is 5.56 Å². The molecule has 0 saturated carbocycles. The molecular weight excluding hydrogens is 194 g/mol. The Morgan fingerprint density at radius 1 is 1.47 bits per heavy atom. The number of hydrogen-bond acceptors (Lipinski definition) is 4. The number of benzene rings is 1. The molecule has 1 aromatic carbocycles. The summed E-state index contributed by atoms with van der Waals surface area (Å²) in [4.78, 5) is 15.5. The monoisotopic (exact) mass is 205 g/mol. The van der Waals surface area contributed by atoms with Crippen LogP contribution in [0.1, 0.15) is 17.5 Å². The van der Waals surface area contributed by atoms with Crippen LogP contribution in [0, 0.1) is 6.92 Å². The molecule has 0 radical (unpaired) electrons. The molecule has 1 aliphatic rings. The van der Waals surface area contributed by atoms with E-state index in [-0.39, 0.29) is 12.4 Å². The summed E-state index contributed by atoms with van der Waals surface area (Å²) in [5.74, 6) is 0.381. The van der Waals surface area contributed by atoms with Crippen LogP contribution in [0.5, 0.6) is 5.75 Å². The van der Waals surface area contributed by atoms with Crippen LogP contribution in [0.15, 0.2) is 23.4 Å². The first kappa shape index (κ1) is 9.71. The minimum Gasteiger partial charge on any atom is -0.496 e. The van der Waals surface area contributed by atoms with Gasteiger partial charge in [-0.15, -0.1) is 0 Å². The van der Waals surface area contributed by atoms with E-state index >= 15 is 0 Å². The highest BCUT2D eigenvalue weighted by atomic mass is 16.7. The van der Waals surface area contributed by atoms with E-state index in [0.717, 1.165) is 11.1 Å². The number of carbonyl (C=O) groups is 1. The summed E-state index contributed by atoms with van der Waals surface area (Å²) in [7, 11) is 1.59. The van der Waals surface area contributed by atoms with Crippen LogP contribution < -0.4 is 4.74 Å². The average molecular weight is 205 g/mol. The van der Waals surface area contributed by atoms with Crippen molar-refractivity contribution in [2.75, 3.05) is 7.11 Å². The smallest absolute Gasteiger partial charge is 0.341 e. The van der Waals surface area contributed by atoms with Crippen LogP contribution in [-0.4, -0.2) is 18.8 Å². The van der Waals surface area contributed by atoms with Gasteiger partial charge in [0.1, 0.15) is 11.5 Å². The van der Waals surface area contributed by atoms with E-state index < -0.39 is 0 Å². The van der Waals surface area contributed by atoms with Gasteiger partial charge in [0.15, 0.2) is 0 Å². The van der Waals surface area contributed by atoms with Gasteiger partial charge in [-0.05, 0) is 19.1 Å². The van der Waals surface area contributed by atoms with Crippen molar-refractivity contribution < 1.29 is 14.4 Å². The molecule has 1 aromatic rings. The molecule has 1 aliphatic heterocycles. The predicted molar refractivity (Wildman–Crippen MR) is 55.0 cm³/mol. The van der Waals surface area contributed by atoms with Crippen LogP contribution in [-0.2, 0) is 9.63 Å². The zero-order chi connectivity index (χ0) is 10.8. The van der Waals surface area contributed by atoms with Crippen molar-refractivity contribution in [2.24, 2.45) is 5.16 Å². The molecule has 0 fully saturated rings. The molecule has 0 N–H and O–H groups in total. The summed E-state index contributed by atoms with van der Waals surface area (Å²) in [6.07, 6.45) is 0.208.